The van der Waals surface area contributed by atoms with E-state index in [4.69, 9.17) is 27.6 Å². The van der Waals surface area contributed by atoms with Crippen LogP contribution in [0.5, 0.6) is 0 Å². The number of carbonyl (C=O) groups is 1. The fourth-order valence-corrected chi connectivity index (χ4v) is 3.78. The third-order valence-electron chi connectivity index (χ3n) is 5.46. The number of carbonyl (C=O) groups excluding carboxylic acids is 1. The quantitative estimate of drug-likeness (QED) is 0.226. The molecular weight excluding hydrogens is 465 g/mol. The number of halogens is 2. The molecule has 0 radical (unpaired) electrons. The number of aromatic nitrogens is 1. The Morgan fingerprint density at radius 2 is 1.91 bits per heavy atom. The first kappa shape index (κ1) is 22.8. The second-order valence-electron chi connectivity index (χ2n) is 7.63. The van der Waals surface area contributed by atoms with Crippen molar-refractivity contribution in [3.8, 4) is 11.5 Å². The Kier molecular flexibility index (Phi) is 6.35. The maximum atomic E-state index is 12.7. The molecule has 0 saturated heterocycles. The normalized spacial score (nSPS) is 12.0. The summed E-state index contributed by atoms with van der Waals surface area (Å²) < 4.78 is 5.91. The summed E-state index contributed by atoms with van der Waals surface area (Å²) in [6, 6.07) is 14.6. The lowest BCUT2D eigenvalue weighted by atomic mass is 9.98. The van der Waals surface area contributed by atoms with Crippen LogP contribution in [0, 0.1) is 10.1 Å². The predicted molar refractivity (Wildman–Crippen MR) is 129 cm³/mol. The van der Waals surface area contributed by atoms with Crippen molar-refractivity contribution >= 4 is 51.6 Å². The monoisotopic (exact) mass is 483 g/mol. The molecule has 0 fully saturated rings. The van der Waals surface area contributed by atoms with E-state index in [2.05, 4.69) is 24.1 Å². The van der Waals surface area contributed by atoms with Crippen LogP contribution in [0.4, 0.5) is 11.4 Å². The van der Waals surface area contributed by atoms with Crippen molar-refractivity contribution in [3.05, 3.63) is 85.9 Å². The number of nitro groups is 1. The number of amides is 1. The minimum absolute atomic E-state index is 0.0370. The fourth-order valence-electron chi connectivity index (χ4n) is 3.36. The lowest BCUT2D eigenvalue weighted by molar-refractivity contribution is -0.384. The van der Waals surface area contributed by atoms with Crippen LogP contribution in [0.3, 0.4) is 0 Å². The summed E-state index contributed by atoms with van der Waals surface area (Å²) in [7, 11) is 0. The highest BCUT2D eigenvalue weighted by atomic mass is 35.5. The number of hydrogen-bond donors (Lipinski definition) is 1. The van der Waals surface area contributed by atoms with E-state index in [-0.39, 0.29) is 16.3 Å². The van der Waals surface area contributed by atoms with Crippen LogP contribution in [-0.4, -0.2) is 15.8 Å². The van der Waals surface area contributed by atoms with Gasteiger partial charge in [-0.2, -0.15) is 0 Å². The van der Waals surface area contributed by atoms with Crippen molar-refractivity contribution in [1.82, 2.24) is 4.98 Å². The number of hydrogen-bond acceptors (Lipinski definition) is 5. The van der Waals surface area contributed by atoms with E-state index in [9.17, 15) is 14.9 Å². The number of rotatable bonds is 6. The Morgan fingerprint density at radius 3 is 2.61 bits per heavy atom. The van der Waals surface area contributed by atoms with Gasteiger partial charge in [-0.05, 0) is 54.3 Å². The molecule has 1 amide bonds. The molecule has 168 valence electrons. The Bertz CT molecular complexity index is 1380. The van der Waals surface area contributed by atoms with Gasteiger partial charge >= 0.3 is 0 Å². The first-order chi connectivity index (χ1) is 15.8. The van der Waals surface area contributed by atoms with E-state index in [0.29, 0.717) is 33.7 Å². The summed E-state index contributed by atoms with van der Waals surface area (Å²) in [6.07, 6.45) is 1.02. The molecule has 0 aliphatic rings. The molecular formula is C24H19Cl2N3O4. The van der Waals surface area contributed by atoms with Crippen LogP contribution in [-0.2, 0) is 0 Å². The van der Waals surface area contributed by atoms with Crippen LogP contribution in [0.15, 0.2) is 59.0 Å². The predicted octanol–water partition coefficient (Wildman–Crippen LogP) is 7.48. The maximum absolute atomic E-state index is 12.7. The van der Waals surface area contributed by atoms with Gasteiger partial charge in [0.1, 0.15) is 5.52 Å². The number of non-ortho nitro benzene ring substituents is 1. The van der Waals surface area contributed by atoms with Crippen LogP contribution in [0.2, 0.25) is 10.0 Å². The van der Waals surface area contributed by atoms with E-state index in [1.54, 1.807) is 18.2 Å². The van der Waals surface area contributed by atoms with Crippen LogP contribution in [0.1, 0.15) is 42.1 Å². The summed E-state index contributed by atoms with van der Waals surface area (Å²) in [4.78, 5) is 27.6. The summed E-state index contributed by atoms with van der Waals surface area (Å²) >= 11 is 12.4. The van der Waals surface area contributed by atoms with Gasteiger partial charge in [-0.25, -0.2) is 4.98 Å². The number of oxazole rings is 1. The molecule has 1 N–H and O–H groups in total. The van der Waals surface area contributed by atoms with Gasteiger partial charge in [0.25, 0.3) is 11.6 Å². The highest BCUT2D eigenvalue weighted by Gasteiger charge is 2.18. The van der Waals surface area contributed by atoms with E-state index in [0.717, 1.165) is 18.0 Å². The van der Waals surface area contributed by atoms with E-state index < -0.39 is 10.8 Å². The maximum Gasteiger partial charge on any atom is 0.270 e. The SMILES string of the molecule is CC[C@@H](C)c1ccc2oc(-c3ccc(Cl)c(NC(=O)c4ccc([N+](=O)[O-])cc4Cl)c3)nc2c1. The van der Waals surface area contributed by atoms with Gasteiger partial charge in [0.05, 0.1) is 26.2 Å². The van der Waals surface area contributed by atoms with E-state index >= 15 is 0 Å². The minimum atomic E-state index is -0.583. The van der Waals surface area contributed by atoms with Gasteiger partial charge in [0, 0.05) is 17.7 Å². The van der Waals surface area contributed by atoms with Gasteiger partial charge in [-0.3, -0.25) is 14.9 Å². The Labute approximate surface area is 199 Å². The molecule has 1 aromatic heterocycles. The first-order valence-corrected chi connectivity index (χ1v) is 11.0. The zero-order chi connectivity index (χ0) is 23.7. The molecule has 1 atom stereocenters. The number of nitrogens with one attached hydrogen (secondary N) is 1. The molecule has 0 aliphatic heterocycles. The van der Waals surface area contributed by atoms with Gasteiger partial charge in [0.2, 0.25) is 5.89 Å². The number of nitrogens with zero attached hydrogens (tertiary/aromatic N) is 2. The average molecular weight is 484 g/mol. The van der Waals surface area contributed by atoms with Gasteiger partial charge in [-0.1, -0.05) is 43.1 Å². The van der Waals surface area contributed by atoms with Crippen molar-refractivity contribution in [2.45, 2.75) is 26.2 Å². The molecule has 9 heteroatoms. The van der Waals surface area contributed by atoms with Crippen molar-refractivity contribution in [2.24, 2.45) is 0 Å². The molecule has 1 heterocycles. The topological polar surface area (TPSA) is 98.3 Å². The summed E-state index contributed by atoms with van der Waals surface area (Å²) in [6.45, 7) is 4.30. The molecule has 4 rings (SSSR count). The zero-order valence-corrected chi connectivity index (χ0v) is 19.3. The fraction of sp³-hybridized carbons (Fsp3) is 0.167. The van der Waals surface area contributed by atoms with Crippen LogP contribution >= 0.6 is 23.2 Å². The highest BCUT2D eigenvalue weighted by Crippen LogP contribution is 2.32. The second kappa shape index (κ2) is 9.21. The van der Waals surface area contributed by atoms with Crippen molar-refractivity contribution in [2.75, 3.05) is 5.32 Å². The molecule has 3 aromatic carbocycles. The van der Waals surface area contributed by atoms with Crippen LogP contribution < -0.4 is 5.32 Å². The summed E-state index contributed by atoms with van der Waals surface area (Å²) in [5.41, 5.74) is 3.44. The lowest BCUT2D eigenvalue weighted by Gasteiger charge is -2.09. The number of benzene rings is 3. The van der Waals surface area contributed by atoms with E-state index in [1.807, 2.05) is 18.2 Å². The van der Waals surface area contributed by atoms with Crippen molar-refractivity contribution in [3.63, 3.8) is 0 Å². The minimum Gasteiger partial charge on any atom is -0.436 e. The Balaban J connectivity index is 1.63. The Hall–Kier alpha value is -3.42. The molecule has 0 unspecified atom stereocenters. The highest BCUT2D eigenvalue weighted by molar-refractivity contribution is 6.36. The average Bonchev–Trinajstić information content (AvgIpc) is 3.23. The smallest absolute Gasteiger partial charge is 0.270 e. The van der Waals surface area contributed by atoms with Crippen molar-refractivity contribution in [1.29, 1.82) is 0 Å². The van der Waals surface area contributed by atoms with Gasteiger partial charge in [0.15, 0.2) is 5.58 Å². The molecule has 0 spiro atoms. The third kappa shape index (κ3) is 4.69. The molecule has 0 aliphatic carbocycles. The Morgan fingerprint density at radius 1 is 1.12 bits per heavy atom. The number of fused-ring (bicyclic) bond motifs is 1. The largest absolute Gasteiger partial charge is 0.436 e. The van der Waals surface area contributed by atoms with Gasteiger partial charge < -0.3 is 9.73 Å². The van der Waals surface area contributed by atoms with E-state index in [1.165, 1.54) is 17.7 Å². The van der Waals surface area contributed by atoms with Gasteiger partial charge in [-0.15, -0.1) is 0 Å². The molecule has 7 nitrogen and oxygen atoms in total. The summed E-state index contributed by atoms with van der Waals surface area (Å²) in [5, 5.41) is 13.9. The van der Waals surface area contributed by atoms with Crippen LogP contribution in [0.25, 0.3) is 22.6 Å². The summed E-state index contributed by atoms with van der Waals surface area (Å²) in [5.74, 6) is 0.259. The third-order valence-corrected chi connectivity index (χ3v) is 6.10. The standard InChI is InChI=1S/C24H19Cl2N3O4/c1-3-13(2)14-5-9-22-21(10-14)28-24(33-22)15-4-8-18(25)20(11-15)27-23(30)17-7-6-16(29(31)32)12-19(17)26/h4-13H,3H2,1-2H3,(H,27,30)/t13-/m1/s1. The lowest BCUT2D eigenvalue weighted by Crippen LogP contribution is -2.13. The second-order valence-corrected chi connectivity index (χ2v) is 8.44. The number of nitro benzene ring substituents is 1. The molecule has 0 bridgehead atoms. The molecule has 4 aromatic rings. The molecule has 0 saturated carbocycles. The first-order valence-electron chi connectivity index (χ1n) is 10.2. The van der Waals surface area contributed by atoms with Crippen molar-refractivity contribution < 1.29 is 14.1 Å². The molecule has 33 heavy (non-hydrogen) atoms. The number of anilines is 1. The zero-order valence-electron chi connectivity index (χ0n) is 17.8.